The van der Waals surface area contributed by atoms with E-state index in [0.717, 1.165) is 22.7 Å². The maximum atomic E-state index is 6.11. The second-order valence-corrected chi connectivity index (χ2v) is 9.20. The summed E-state index contributed by atoms with van der Waals surface area (Å²) in [5.74, 6) is 3.40. The molecule has 6 nitrogen and oxygen atoms in total. The number of aromatic nitrogens is 4. The van der Waals surface area contributed by atoms with E-state index in [1.807, 2.05) is 11.7 Å². The van der Waals surface area contributed by atoms with Crippen molar-refractivity contribution in [2.75, 3.05) is 11.1 Å². The average molecular weight is 384 g/mol. The van der Waals surface area contributed by atoms with Gasteiger partial charge in [0, 0.05) is 23.5 Å². The number of aryl methyl sites for hydroxylation is 1. The third-order valence-electron chi connectivity index (χ3n) is 7.96. The molecule has 4 aromatic rings. The molecule has 5 atom stereocenters. The van der Waals surface area contributed by atoms with E-state index >= 15 is 0 Å². The molecule has 1 aliphatic heterocycles. The zero-order valence-electron chi connectivity index (χ0n) is 16.4. The molecule has 4 N–H and O–H groups in total. The van der Waals surface area contributed by atoms with Crippen molar-refractivity contribution in [1.82, 2.24) is 20.0 Å². The van der Waals surface area contributed by atoms with Crippen LogP contribution < -0.4 is 11.1 Å². The summed E-state index contributed by atoms with van der Waals surface area (Å²) in [6.45, 7) is 0. The van der Waals surface area contributed by atoms with Gasteiger partial charge in [0.15, 0.2) is 5.82 Å². The van der Waals surface area contributed by atoms with Crippen molar-refractivity contribution < 1.29 is 0 Å². The van der Waals surface area contributed by atoms with Crippen molar-refractivity contribution >= 4 is 33.3 Å². The molecule has 146 valence electrons. The van der Waals surface area contributed by atoms with Crippen LogP contribution in [0.2, 0.25) is 0 Å². The normalized spacial score (nSPS) is 29.9. The standard InChI is InChI=1S/C23H24N6/c1-29-18-7-6-17-21(15(18)10-25-29)19-11-2-3-12(8-11)20(19)22(26-17)13-4-5-16-14(9-13)23(24)28-27-16/h4-7,9-12,19-20,22,26H,2-3,8H2,1H3,(H3,24,27,28)/t11-,12+,19+,20-,22+/m1/s1. The number of anilines is 2. The smallest absolute Gasteiger partial charge is 0.153 e. The number of fused-ring (bicyclic) bond motifs is 10. The Morgan fingerprint density at radius 1 is 1.10 bits per heavy atom. The Morgan fingerprint density at radius 2 is 2.00 bits per heavy atom. The highest BCUT2D eigenvalue weighted by atomic mass is 15.2. The van der Waals surface area contributed by atoms with Crippen molar-refractivity contribution in [3.05, 3.63) is 47.7 Å². The summed E-state index contributed by atoms with van der Waals surface area (Å²) < 4.78 is 2.00. The Balaban J connectivity index is 1.44. The Kier molecular flexibility index (Phi) is 2.91. The summed E-state index contributed by atoms with van der Waals surface area (Å²) in [5, 5.41) is 18.1. The molecule has 7 rings (SSSR count). The Labute approximate surface area is 168 Å². The van der Waals surface area contributed by atoms with Crippen LogP contribution in [0.15, 0.2) is 36.5 Å². The van der Waals surface area contributed by atoms with Gasteiger partial charge >= 0.3 is 0 Å². The Bertz CT molecular complexity index is 1280. The molecular weight excluding hydrogens is 360 g/mol. The number of hydrogen-bond donors (Lipinski definition) is 3. The number of benzene rings is 2. The summed E-state index contributed by atoms with van der Waals surface area (Å²) in [6, 6.07) is 11.4. The number of nitrogen functional groups attached to an aromatic ring is 1. The third-order valence-corrected chi connectivity index (χ3v) is 7.96. The first-order valence-electron chi connectivity index (χ1n) is 10.6. The van der Waals surface area contributed by atoms with Crippen LogP contribution in [0.25, 0.3) is 21.8 Å². The first kappa shape index (κ1) is 15.9. The van der Waals surface area contributed by atoms with E-state index < -0.39 is 0 Å². The average Bonchev–Trinajstić information content (AvgIpc) is 3.52. The molecule has 2 aromatic heterocycles. The molecule has 3 aliphatic rings. The number of nitrogens with two attached hydrogens (primary N) is 1. The fourth-order valence-corrected chi connectivity index (χ4v) is 6.79. The summed E-state index contributed by atoms with van der Waals surface area (Å²) >= 11 is 0. The van der Waals surface area contributed by atoms with Gasteiger partial charge in [0.25, 0.3) is 0 Å². The quantitative estimate of drug-likeness (QED) is 0.456. The molecule has 0 saturated heterocycles. The molecule has 0 unspecified atom stereocenters. The van der Waals surface area contributed by atoms with E-state index in [9.17, 15) is 0 Å². The lowest BCUT2D eigenvalue weighted by Crippen LogP contribution is -2.35. The van der Waals surface area contributed by atoms with Crippen molar-refractivity contribution in [3.8, 4) is 0 Å². The molecule has 2 bridgehead atoms. The largest absolute Gasteiger partial charge is 0.382 e. The zero-order chi connectivity index (χ0) is 19.3. The predicted molar refractivity (Wildman–Crippen MR) is 115 cm³/mol. The van der Waals surface area contributed by atoms with E-state index in [4.69, 9.17) is 5.73 Å². The molecule has 0 amide bonds. The van der Waals surface area contributed by atoms with Crippen LogP contribution in [0.5, 0.6) is 0 Å². The van der Waals surface area contributed by atoms with E-state index in [-0.39, 0.29) is 0 Å². The van der Waals surface area contributed by atoms with Gasteiger partial charge in [0.2, 0.25) is 0 Å². The molecule has 0 spiro atoms. The lowest BCUT2D eigenvalue weighted by molar-refractivity contribution is 0.249. The van der Waals surface area contributed by atoms with Gasteiger partial charge in [0.05, 0.1) is 23.3 Å². The van der Waals surface area contributed by atoms with E-state index in [1.54, 1.807) is 0 Å². The molecule has 3 heterocycles. The minimum Gasteiger partial charge on any atom is -0.382 e. The lowest BCUT2D eigenvalue weighted by Gasteiger charge is -2.43. The summed E-state index contributed by atoms with van der Waals surface area (Å²) in [6.07, 6.45) is 6.15. The molecule has 2 aromatic carbocycles. The molecular formula is C23H24N6. The van der Waals surface area contributed by atoms with Crippen molar-refractivity contribution in [2.24, 2.45) is 24.8 Å². The van der Waals surface area contributed by atoms with Crippen molar-refractivity contribution in [3.63, 3.8) is 0 Å². The van der Waals surface area contributed by atoms with Gasteiger partial charge < -0.3 is 11.1 Å². The van der Waals surface area contributed by atoms with Gasteiger partial charge in [-0.1, -0.05) is 6.07 Å². The van der Waals surface area contributed by atoms with Gasteiger partial charge in [-0.15, -0.1) is 0 Å². The van der Waals surface area contributed by atoms with Crippen LogP contribution in [0, 0.1) is 17.8 Å². The van der Waals surface area contributed by atoms with Crippen LogP contribution in [0.1, 0.15) is 42.3 Å². The maximum Gasteiger partial charge on any atom is 0.153 e. The van der Waals surface area contributed by atoms with Gasteiger partial charge in [0.1, 0.15) is 0 Å². The molecule has 0 radical (unpaired) electrons. The first-order chi connectivity index (χ1) is 14.2. The number of nitrogens with zero attached hydrogens (tertiary/aromatic N) is 3. The highest BCUT2D eigenvalue weighted by Gasteiger charge is 2.54. The number of hydrogen-bond acceptors (Lipinski definition) is 4. The van der Waals surface area contributed by atoms with Gasteiger partial charge in [-0.05, 0) is 78.3 Å². The second-order valence-electron chi connectivity index (χ2n) is 9.20. The molecule has 2 aliphatic carbocycles. The van der Waals surface area contributed by atoms with Crippen LogP contribution in [-0.2, 0) is 7.05 Å². The molecule has 2 fully saturated rings. The van der Waals surface area contributed by atoms with E-state index in [2.05, 4.69) is 57.1 Å². The number of rotatable bonds is 1. The minimum atomic E-state index is 0.315. The van der Waals surface area contributed by atoms with Crippen molar-refractivity contribution in [1.29, 1.82) is 0 Å². The SMILES string of the molecule is Cn1ncc2c3c(ccc21)N[C@@H](c1ccc2[nH]nc(N)c2c1)[C@@H]1[C@H]2CC[C@H](C2)[C@H]31. The highest BCUT2D eigenvalue weighted by Crippen LogP contribution is 2.64. The molecule has 2 saturated carbocycles. The van der Waals surface area contributed by atoms with Crippen LogP contribution in [0.4, 0.5) is 11.5 Å². The van der Waals surface area contributed by atoms with E-state index in [0.29, 0.717) is 23.7 Å². The molecule has 29 heavy (non-hydrogen) atoms. The monoisotopic (exact) mass is 384 g/mol. The summed E-state index contributed by atoms with van der Waals surface area (Å²) in [5.41, 5.74) is 12.5. The van der Waals surface area contributed by atoms with Crippen LogP contribution in [-0.4, -0.2) is 20.0 Å². The topological polar surface area (TPSA) is 84.5 Å². The maximum absolute atomic E-state index is 6.11. The van der Waals surface area contributed by atoms with Crippen molar-refractivity contribution in [2.45, 2.75) is 31.2 Å². The van der Waals surface area contributed by atoms with E-state index in [1.165, 1.54) is 47.0 Å². The minimum absolute atomic E-state index is 0.315. The number of nitrogens with one attached hydrogen (secondary N) is 2. The molecule has 6 heteroatoms. The second kappa shape index (κ2) is 5.32. The van der Waals surface area contributed by atoms with Gasteiger partial charge in [-0.25, -0.2) is 0 Å². The number of aromatic amines is 1. The summed E-state index contributed by atoms with van der Waals surface area (Å²) in [7, 11) is 2.04. The predicted octanol–water partition coefficient (Wildman–Crippen LogP) is 4.33. The zero-order valence-corrected chi connectivity index (χ0v) is 16.4. The fourth-order valence-electron chi connectivity index (χ4n) is 6.79. The number of H-pyrrole nitrogens is 1. The lowest BCUT2D eigenvalue weighted by atomic mass is 9.67. The van der Waals surface area contributed by atoms with Gasteiger partial charge in [-0.2, -0.15) is 10.2 Å². The first-order valence-corrected chi connectivity index (χ1v) is 10.6. The fraction of sp³-hybridized carbons (Fsp3) is 0.391. The Morgan fingerprint density at radius 3 is 2.93 bits per heavy atom. The highest BCUT2D eigenvalue weighted by molar-refractivity contribution is 5.90. The van der Waals surface area contributed by atoms with Crippen LogP contribution >= 0.6 is 0 Å². The van der Waals surface area contributed by atoms with Gasteiger partial charge in [-0.3, -0.25) is 9.78 Å². The van der Waals surface area contributed by atoms with Crippen LogP contribution in [0.3, 0.4) is 0 Å². The summed E-state index contributed by atoms with van der Waals surface area (Å²) in [4.78, 5) is 0. The Hall–Kier alpha value is -3.02. The third kappa shape index (κ3) is 1.96.